The highest BCUT2D eigenvalue weighted by Crippen LogP contribution is 2.30. The van der Waals surface area contributed by atoms with Crippen LogP contribution in [0.1, 0.15) is 22.3 Å². The van der Waals surface area contributed by atoms with Crippen LogP contribution in [-0.2, 0) is 11.3 Å². The summed E-state index contributed by atoms with van der Waals surface area (Å²) >= 11 is 0. The number of hydrogen-bond acceptors (Lipinski definition) is 4. The third-order valence-electron chi connectivity index (χ3n) is 3.54. The van der Waals surface area contributed by atoms with Gasteiger partial charge in [0.2, 0.25) is 0 Å². The van der Waals surface area contributed by atoms with E-state index in [0.717, 1.165) is 35.6 Å². The first kappa shape index (κ1) is 14.2. The van der Waals surface area contributed by atoms with Crippen molar-refractivity contribution in [1.29, 1.82) is 0 Å². The Labute approximate surface area is 129 Å². The first-order valence-corrected chi connectivity index (χ1v) is 7.27. The van der Waals surface area contributed by atoms with Gasteiger partial charge in [0.1, 0.15) is 6.61 Å². The van der Waals surface area contributed by atoms with E-state index in [1.807, 2.05) is 42.5 Å². The number of benzene rings is 2. The minimum atomic E-state index is -0.331. The van der Waals surface area contributed by atoms with Crippen LogP contribution in [0.25, 0.3) is 0 Å². The maximum atomic E-state index is 12.4. The number of carbonyl (C=O) groups excluding carboxylic acids is 1. The fourth-order valence-electron chi connectivity index (χ4n) is 2.41. The highest BCUT2D eigenvalue weighted by molar-refractivity contribution is 5.99. The summed E-state index contributed by atoms with van der Waals surface area (Å²) in [6.45, 7) is 4.96. The average molecular weight is 294 g/mol. The van der Waals surface area contributed by atoms with Gasteiger partial charge in [-0.2, -0.15) is 0 Å². The first-order valence-electron chi connectivity index (χ1n) is 7.27. The van der Waals surface area contributed by atoms with Crippen LogP contribution in [0.2, 0.25) is 0 Å². The molecule has 4 nitrogen and oxygen atoms in total. The smallest absolute Gasteiger partial charge is 0.340 e. The zero-order valence-corrected chi connectivity index (χ0v) is 12.3. The normalized spacial score (nSPS) is 13.4. The molecule has 2 aromatic rings. The number of nitrogens with one attached hydrogen (secondary N) is 2. The Bertz CT molecular complexity index is 695. The van der Waals surface area contributed by atoms with Gasteiger partial charge in [-0.25, -0.2) is 4.79 Å². The van der Waals surface area contributed by atoms with Gasteiger partial charge in [0.15, 0.2) is 0 Å². The average Bonchev–Trinajstić information content (AvgIpc) is 2.74. The molecule has 112 valence electrons. The summed E-state index contributed by atoms with van der Waals surface area (Å²) in [4.78, 5) is 12.4. The molecule has 0 saturated heterocycles. The largest absolute Gasteiger partial charge is 0.457 e. The molecule has 4 heteroatoms. The molecule has 0 bridgehead atoms. The zero-order valence-electron chi connectivity index (χ0n) is 12.3. The monoisotopic (exact) mass is 294 g/mol. The molecule has 3 rings (SSSR count). The third kappa shape index (κ3) is 3.11. The van der Waals surface area contributed by atoms with Gasteiger partial charge in [-0.15, -0.1) is 0 Å². The molecular weight excluding hydrogens is 276 g/mol. The highest BCUT2D eigenvalue weighted by Gasteiger charge is 2.18. The molecule has 0 saturated carbocycles. The Balaban J connectivity index is 1.78. The van der Waals surface area contributed by atoms with E-state index >= 15 is 0 Å². The molecule has 1 aliphatic heterocycles. The van der Waals surface area contributed by atoms with Crippen LogP contribution in [0.15, 0.2) is 60.8 Å². The van der Waals surface area contributed by atoms with Gasteiger partial charge in [0, 0.05) is 18.7 Å². The van der Waals surface area contributed by atoms with Crippen molar-refractivity contribution in [3.8, 4) is 0 Å². The molecule has 0 fully saturated rings. The van der Waals surface area contributed by atoms with Gasteiger partial charge in [-0.1, -0.05) is 43.0 Å². The van der Waals surface area contributed by atoms with Gasteiger partial charge in [-0.3, -0.25) is 0 Å². The Kier molecular flexibility index (Phi) is 4.10. The van der Waals surface area contributed by atoms with Crippen LogP contribution in [0, 0.1) is 0 Å². The standard InChI is InChI=1S/C18H18N2O2/c1-13-10-11-19-17-15(8-5-9-16(17)20-13)18(21)22-12-14-6-3-2-4-7-14/h2-9,19-20H,1,10-12H2. The number of esters is 1. The summed E-state index contributed by atoms with van der Waals surface area (Å²) in [5, 5.41) is 6.51. The molecule has 2 aromatic carbocycles. The molecular formula is C18H18N2O2. The molecule has 0 atom stereocenters. The van der Waals surface area contributed by atoms with Crippen molar-refractivity contribution in [2.75, 3.05) is 17.2 Å². The summed E-state index contributed by atoms with van der Waals surface area (Å²) < 4.78 is 5.42. The van der Waals surface area contributed by atoms with E-state index in [1.54, 1.807) is 6.07 Å². The Morgan fingerprint density at radius 1 is 1.14 bits per heavy atom. The van der Waals surface area contributed by atoms with Gasteiger partial charge < -0.3 is 15.4 Å². The van der Waals surface area contributed by atoms with Gasteiger partial charge in [0.25, 0.3) is 0 Å². The quantitative estimate of drug-likeness (QED) is 0.846. The van der Waals surface area contributed by atoms with Crippen molar-refractivity contribution in [3.05, 3.63) is 71.9 Å². The van der Waals surface area contributed by atoms with Crippen molar-refractivity contribution >= 4 is 17.3 Å². The lowest BCUT2D eigenvalue weighted by molar-refractivity contribution is 0.0474. The maximum Gasteiger partial charge on any atom is 0.340 e. The molecule has 1 aliphatic rings. The van der Waals surface area contributed by atoms with E-state index in [1.165, 1.54) is 0 Å². The van der Waals surface area contributed by atoms with Crippen LogP contribution in [-0.4, -0.2) is 12.5 Å². The minimum Gasteiger partial charge on any atom is -0.457 e. The maximum absolute atomic E-state index is 12.4. The second-order valence-electron chi connectivity index (χ2n) is 5.20. The number of hydrogen-bond donors (Lipinski definition) is 2. The number of fused-ring (bicyclic) bond motifs is 1. The van der Waals surface area contributed by atoms with Crippen LogP contribution in [0.4, 0.5) is 11.4 Å². The topological polar surface area (TPSA) is 50.4 Å². The predicted molar refractivity (Wildman–Crippen MR) is 87.9 cm³/mol. The first-order chi connectivity index (χ1) is 10.7. The Hall–Kier alpha value is -2.75. The third-order valence-corrected chi connectivity index (χ3v) is 3.54. The van der Waals surface area contributed by atoms with Gasteiger partial charge in [0.05, 0.1) is 16.9 Å². The van der Waals surface area contributed by atoms with Crippen molar-refractivity contribution < 1.29 is 9.53 Å². The Morgan fingerprint density at radius 3 is 2.77 bits per heavy atom. The second kappa shape index (κ2) is 6.35. The predicted octanol–water partition coefficient (Wildman–Crippen LogP) is 3.78. The van der Waals surface area contributed by atoms with E-state index in [4.69, 9.17) is 4.74 Å². The fraction of sp³-hybridized carbons (Fsp3) is 0.167. The molecule has 1 heterocycles. The van der Waals surface area contributed by atoms with Crippen LogP contribution in [0.5, 0.6) is 0 Å². The molecule has 0 spiro atoms. The van der Waals surface area contributed by atoms with Gasteiger partial charge in [-0.05, 0) is 17.7 Å². The van der Waals surface area contributed by atoms with Crippen molar-refractivity contribution in [1.82, 2.24) is 0 Å². The molecule has 0 unspecified atom stereocenters. The lowest BCUT2D eigenvalue weighted by Gasteiger charge is -2.13. The van der Waals surface area contributed by atoms with E-state index in [9.17, 15) is 4.79 Å². The van der Waals surface area contributed by atoms with Crippen molar-refractivity contribution in [3.63, 3.8) is 0 Å². The molecule has 2 N–H and O–H groups in total. The molecule has 0 amide bonds. The minimum absolute atomic E-state index is 0.267. The van der Waals surface area contributed by atoms with E-state index in [2.05, 4.69) is 17.2 Å². The lowest BCUT2D eigenvalue weighted by atomic mass is 10.1. The second-order valence-corrected chi connectivity index (χ2v) is 5.20. The van der Waals surface area contributed by atoms with E-state index in [-0.39, 0.29) is 12.6 Å². The molecule has 0 aliphatic carbocycles. The molecule has 22 heavy (non-hydrogen) atoms. The summed E-state index contributed by atoms with van der Waals surface area (Å²) in [5.74, 6) is -0.331. The molecule has 0 aromatic heterocycles. The number of para-hydroxylation sites is 1. The van der Waals surface area contributed by atoms with Crippen molar-refractivity contribution in [2.45, 2.75) is 13.0 Å². The van der Waals surface area contributed by atoms with Crippen molar-refractivity contribution in [2.24, 2.45) is 0 Å². The summed E-state index contributed by atoms with van der Waals surface area (Å²) in [6.07, 6.45) is 0.813. The van der Waals surface area contributed by atoms with E-state index in [0.29, 0.717) is 5.56 Å². The number of ether oxygens (including phenoxy) is 1. The number of carbonyl (C=O) groups is 1. The number of anilines is 2. The fourth-order valence-corrected chi connectivity index (χ4v) is 2.41. The summed E-state index contributed by atoms with van der Waals surface area (Å²) in [7, 11) is 0. The van der Waals surface area contributed by atoms with Crippen LogP contribution < -0.4 is 10.6 Å². The van der Waals surface area contributed by atoms with Crippen LogP contribution >= 0.6 is 0 Å². The van der Waals surface area contributed by atoms with Crippen LogP contribution in [0.3, 0.4) is 0 Å². The highest BCUT2D eigenvalue weighted by atomic mass is 16.5. The SMILES string of the molecule is C=C1CCNc2c(cccc2C(=O)OCc2ccccc2)N1. The van der Waals surface area contributed by atoms with E-state index < -0.39 is 0 Å². The van der Waals surface area contributed by atoms with Gasteiger partial charge >= 0.3 is 5.97 Å². The summed E-state index contributed by atoms with van der Waals surface area (Å²) in [6, 6.07) is 15.2. The Morgan fingerprint density at radius 2 is 1.95 bits per heavy atom. The number of rotatable bonds is 3. The zero-order chi connectivity index (χ0) is 15.4. The summed E-state index contributed by atoms with van der Waals surface area (Å²) in [5.41, 5.74) is 4.07. The molecule has 0 radical (unpaired) electrons. The lowest BCUT2D eigenvalue weighted by Crippen LogP contribution is -2.10.